The first-order chi connectivity index (χ1) is 15.2. The molecule has 2 aromatic heterocycles. The van der Waals surface area contributed by atoms with Crippen LogP contribution in [0, 0.1) is 10.1 Å². The van der Waals surface area contributed by atoms with Crippen molar-refractivity contribution < 1.29 is 4.92 Å². The summed E-state index contributed by atoms with van der Waals surface area (Å²) in [6.45, 7) is 1.98. The van der Waals surface area contributed by atoms with Crippen LogP contribution in [-0.4, -0.2) is 66.0 Å². The number of nitrogens with zero attached hydrogens (tertiary/aromatic N) is 3. The number of likely N-dealkylation sites (N-methyl/N-ethyl adjacent to an activating group) is 2. The molecule has 0 unspecified atom stereocenters. The molecule has 4 N–H and O–H groups in total. The van der Waals surface area contributed by atoms with Crippen LogP contribution >= 0.6 is 0 Å². The molecular weight excluding hydrogens is 404 g/mol. The number of benzene rings is 2. The summed E-state index contributed by atoms with van der Waals surface area (Å²) in [5.41, 5.74) is 11.3. The van der Waals surface area contributed by atoms with E-state index in [0.717, 1.165) is 53.6 Å². The van der Waals surface area contributed by atoms with E-state index in [1.54, 1.807) is 12.1 Å². The van der Waals surface area contributed by atoms with Gasteiger partial charge in [-0.25, -0.2) is 0 Å². The molecule has 4 rings (SSSR count). The summed E-state index contributed by atoms with van der Waals surface area (Å²) in [6, 6.07) is 10.9. The van der Waals surface area contributed by atoms with Crippen LogP contribution in [-0.2, 0) is 12.8 Å². The van der Waals surface area contributed by atoms with Crippen LogP contribution < -0.4 is 5.73 Å². The molecule has 0 bridgehead atoms. The standard InChI is InChI=1S/C12H15N3O2.C12H17N3/c1-14(2)6-5-9-8-13-12-4-3-10(15(16)17)7-11(9)12;1-15(2)6-5-9-8-14-12-4-3-10(13)7-11(9)12/h3-4,7-8,13H,5-6H2,1-2H3;3-4,7-8,14H,5-6,13H2,1-2H3. The number of H-pyrrole nitrogens is 2. The van der Waals surface area contributed by atoms with Crippen molar-refractivity contribution in [3.8, 4) is 0 Å². The second-order valence-electron chi connectivity index (χ2n) is 8.53. The smallest absolute Gasteiger partial charge is 0.270 e. The van der Waals surface area contributed by atoms with E-state index < -0.39 is 0 Å². The highest BCUT2D eigenvalue weighted by Gasteiger charge is 2.10. The van der Waals surface area contributed by atoms with Gasteiger partial charge >= 0.3 is 0 Å². The van der Waals surface area contributed by atoms with Gasteiger partial charge in [-0.3, -0.25) is 10.1 Å². The quantitative estimate of drug-likeness (QED) is 0.230. The normalized spacial score (nSPS) is 11.3. The summed E-state index contributed by atoms with van der Waals surface area (Å²) in [4.78, 5) is 21.1. The van der Waals surface area contributed by atoms with Crippen molar-refractivity contribution in [1.82, 2.24) is 19.8 Å². The van der Waals surface area contributed by atoms with Crippen molar-refractivity contribution in [2.45, 2.75) is 12.8 Å². The summed E-state index contributed by atoms with van der Waals surface area (Å²) in [7, 11) is 8.20. The lowest BCUT2D eigenvalue weighted by Gasteiger charge is -2.08. The summed E-state index contributed by atoms with van der Waals surface area (Å²) in [5, 5.41) is 12.9. The molecule has 0 atom stereocenters. The Bertz CT molecular complexity index is 1190. The summed E-state index contributed by atoms with van der Waals surface area (Å²) in [5.74, 6) is 0. The van der Waals surface area contributed by atoms with Gasteiger partial charge in [-0.05, 0) is 76.4 Å². The average Bonchev–Trinajstić information content (AvgIpc) is 3.34. The van der Waals surface area contributed by atoms with E-state index in [1.165, 1.54) is 17.0 Å². The molecule has 2 aromatic carbocycles. The third kappa shape index (κ3) is 5.87. The maximum absolute atomic E-state index is 10.7. The lowest BCUT2D eigenvalue weighted by Crippen LogP contribution is -2.14. The molecule has 0 saturated carbocycles. The molecule has 0 aliphatic heterocycles. The van der Waals surface area contributed by atoms with Gasteiger partial charge < -0.3 is 25.5 Å². The SMILES string of the molecule is CN(C)CCc1c[nH]c2ccc(N)cc12.CN(C)CCc1c[nH]c2ccc([N+](=O)[O-])cc12. The van der Waals surface area contributed by atoms with Crippen molar-refractivity contribution in [2.24, 2.45) is 0 Å². The van der Waals surface area contributed by atoms with Crippen LogP contribution in [0.2, 0.25) is 0 Å². The molecule has 0 saturated heterocycles. The number of anilines is 1. The van der Waals surface area contributed by atoms with Crippen LogP contribution in [0.1, 0.15) is 11.1 Å². The Labute approximate surface area is 188 Å². The van der Waals surface area contributed by atoms with Gasteiger partial charge in [0.1, 0.15) is 0 Å². The van der Waals surface area contributed by atoms with Gasteiger partial charge in [0, 0.05) is 65.1 Å². The molecule has 0 spiro atoms. The minimum absolute atomic E-state index is 0.142. The lowest BCUT2D eigenvalue weighted by molar-refractivity contribution is -0.384. The number of nitro benzene ring substituents is 1. The maximum Gasteiger partial charge on any atom is 0.270 e. The van der Waals surface area contributed by atoms with Gasteiger partial charge in [-0.2, -0.15) is 0 Å². The lowest BCUT2D eigenvalue weighted by atomic mass is 10.1. The highest BCUT2D eigenvalue weighted by Crippen LogP contribution is 2.24. The zero-order valence-corrected chi connectivity index (χ0v) is 19.2. The predicted molar refractivity (Wildman–Crippen MR) is 132 cm³/mol. The predicted octanol–water partition coefficient (Wildman–Crippen LogP) is 4.03. The van der Waals surface area contributed by atoms with E-state index in [1.807, 2.05) is 38.5 Å². The number of nitrogen functional groups attached to an aromatic ring is 1. The van der Waals surface area contributed by atoms with Crippen molar-refractivity contribution in [3.63, 3.8) is 0 Å². The molecule has 0 fully saturated rings. The first-order valence-corrected chi connectivity index (χ1v) is 10.6. The molecule has 0 aliphatic carbocycles. The fraction of sp³-hybridized carbons (Fsp3) is 0.333. The third-order valence-electron chi connectivity index (χ3n) is 5.41. The van der Waals surface area contributed by atoms with E-state index in [0.29, 0.717) is 0 Å². The molecule has 0 aliphatic rings. The third-order valence-corrected chi connectivity index (χ3v) is 5.41. The van der Waals surface area contributed by atoms with E-state index in [4.69, 9.17) is 5.73 Å². The number of nitrogens with two attached hydrogens (primary N) is 1. The number of nitrogens with one attached hydrogen (secondary N) is 2. The first-order valence-electron chi connectivity index (χ1n) is 10.6. The topological polar surface area (TPSA) is 107 Å². The van der Waals surface area contributed by atoms with Gasteiger partial charge in [0.2, 0.25) is 0 Å². The van der Waals surface area contributed by atoms with Crippen LogP contribution in [0.5, 0.6) is 0 Å². The monoisotopic (exact) mass is 436 g/mol. The highest BCUT2D eigenvalue weighted by molar-refractivity contribution is 5.86. The number of aromatic amines is 2. The highest BCUT2D eigenvalue weighted by atomic mass is 16.6. The number of rotatable bonds is 7. The maximum atomic E-state index is 10.7. The van der Waals surface area contributed by atoms with Gasteiger partial charge in [0.25, 0.3) is 5.69 Å². The van der Waals surface area contributed by atoms with E-state index in [2.05, 4.69) is 40.1 Å². The number of hydrogen-bond acceptors (Lipinski definition) is 5. The van der Waals surface area contributed by atoms with Gasteiger partial charge in [-0.1, -0.05) is 0 Å². The number of aromatic nitrogens is 2. The van der Waals surface area contributed by atoms with Crippen LogP contribution in [0.3, 0.4) is 0 Å². The second-order valence-corrected chi connectivity index (χ2v) is 8.53. The van der Waals surface area contributed by atoms with Crippen LogP contribution in [0.15, 0.2) is 48.8 Å². The molecule has 0 amide bonds. The molecule has 2 heterocycles. The Kier molecular flexibility index (Phi) is 7.50. The molecular formula is C24H32N6O2. The van der Waals surface area contributed by atoms with Crippen LogP contribution in [0.4, 0.5) is 11.4 Å². The zero-order valence-electron chi connectivity index (χ0n) is 19.2. The van der Waals surface area contributed by atoms with Gasteiger partial charge in [0.05, 0.1) is 4.92 Å². The molecule has 0 radical (unpaired) electrons. The zero-order chi connectivity index (χ0) is 23.3. The summed E-state index contributed by atoms with van der Waals surface area (Å²) >= 11 is 0. The van der Waals surface area contributed by atoms with E-state index in [9.17, 15) is 10.1 Å². The number of non-ortho nitro benzene ring substituents is 1. The largest absolute Gasteiger partial charge is 0.399 e. The fourth-order valence-electron chi connectivity index (χ4n) is 3.58. The minimum atomic E-state index is -0.359. The molecule has 170 valence electrons. The van der Waals surface area contributed by atoms with Crippen LogP contribution in [0.25, 0.3) is 21.8 Å². The van der Waals surface area contributed by atoms with Crippen molar-refractivity contribution >= 4 is 33.2 Å². The summed E-state index contributed by atoms with van der Waals surface area (Å²) in [6.07, 6.45) is 5.94. The summed E-state index contributed by atoms with van der Waals surface area (Å²) < 4.78 is 0. The fourth-order valence-corrected chi connectivity index (χ4v) is 3.58. The Morgan fingerprint density at radius 1 is 0.844 bits per heavy atom. The Morgan fingerprint density at radius 2 is 1.34 bits per heavy atom. The minimum Gasteiger partial charge on any atom is -0.399 e. The Morgan fingerprint density at radius 3 is 1.84 bits per heavy atom. The molecule has 8 nitrogen and oxygen atoms in total. The van der Waals surface area contributed by atoms with Gasteiger partial charge in [-0.15, -0.1) is 0 Å². The second kappa shape index (κ2) is 10.3. The van der Waals surface area contributed by atoms with Crippen molar-refractivity contribution in [2.75, 3.05) is 47.0 Å². The number of nitro groups is 1. The van der Waals surface area contributed by atoms with Crippen molar-refractivity contribution in [3.05, 3.63) is 70.0 Å². The van der Waals surface area contributed by atoms with E-state index >= 15 is 0 Å². The molecule has 32 heavy (non-hydrogen) atoms. The molecule has 4 aromatic rings. The Balaban J connectivity index is 0.000000182. The average molecular weight is 437 g/mol. The van der Waals surface area contributed by atoms with Crippen molar-refractivity contribution in [1.29, 1.82) is 0 Å². The first kappa shape index (κ1) is 23.3. The van der Waals surface area contributed by atoms with E-state index in [-0.39, 0.29) is 10.6 Å². The number of fused-ring (bicyclic) bond motifs is 2. The molecule has 8 heteroatoms. The van der Waals surface area contributed by atoms with Gasteiger partial charge in [0.15, 0.2) is 0 Å². The number of hydrogen-bond donors (Lipinski definition) is 3. The Hall–Kier alpha value is -3.36.